The number of hydrogen-bond acceptors (Lipinski definition) is 1. The second-order valence-corrected chi connectivity index (χ2v) is 18.2. The Hall–Kier alpha value is -6.90. The molecule has 0 radical (unpaired) electrons. The normalized spacial score (nSPS) is 19.3. The van der Waals surface area contributed by atoms with Crippen molar-refractivity contribution in [3.63, 3.8) is 0 Å². The van der Waals surface area contributed by atoms with Gasteiger partial charge in [0.15, 0.2) is 0 Å². The molecule has 2 unspecified atom stereocenters. The molecule has 0 saturated heterocycles. The van der Waals surface area contributed by atoms with Crippen LogP contribution in [0.2, 0.25) is 0 Å². The van der Waals surface area contributed by atoms with Gasteiger partial charge in [-0.2, -0.15) is 0 Å². The van der Waals surface area contributed by atoms with Crippen LogP contribution in [0.25, 0.3) is 44.3 Å². The molecule has 302 valence electrons. The van der Waals surface area contributed by atoms with Gasteiger partial charge < -0.3 is 4.74 Å². The average Bonchev–Trinajstić information content (AvgIpc) is 3.61. The number of benzene rings is 7. The first-order valence-electron chi connectivity index (χ1n) is 22.8. The van der Waals surface area contributed by atoms with E-state index in [0.29, 0.717) is 5.92 Å². The lowest BCUT2D eigenvalue weighted by molar-refractivity contribution is 0.378. The second-order valence-electron chi connectivity index (χ2n) is 18.2. The molecule has 63 heavy (non-hydrogen) atoms. The summed E-state index contributed by atoms with van der Waals surface area (Å²) in [7, 11) is 0. The van der Waals surface area contributed by atoms with Crippen LogP contribution >= 0.6 is 0 Å². The molecule has 0 N–H and O–H groups in total. The van der Waals surface area contributed by atoms with E-state index in [9.17, 15) is 0 Å². The SMILES string of the molecule is C/C=C\c1ccc(C)c(B(c2cccc(-c3ccc4c(c3)C3(C5=CCCC=C54)C4=CCC5C=CC=CC5=C4Oc4c3ccc3ccccc43)c2)c2c(C)ccc3ccccc23)c1C. The zero-order valence-corrected chi connectivity index (χ0v) is 36.5. The zero-order chi connectivity index (χ0) is 42.4. The first-order chi connectivity index (χ1) is 30.9. The monoisotopic (exact) mass is 808 g/mol. The van der Waals surface area contributed by atoms with Crippen molar-refractivity contribution in [2.24, 2.45) is 5.92 Å². The van der Waals surface area contributed by atoms with Crippen molar-refractivity contribution in [2.45, 2.75) is 52.4 Å². The van der Waals surface area contributed by atoms with Crippen LogP contribution in [0.4, 0.5) is 0 Å². The molecule has 1 heterocycles. The van der Waals surface area contributed by atoms with E-state index in [1.165, 1.54) is 105 Å². The molecule has 5 aliphatic rings. The smallest absolute Gasteiger partial charge is 0.243 e. The van der Waals surface area contributed by atoms with E-state index in [2.05, 4.69) is 210 Å². The summed E-state index contributed by atoms with van der Waals surface area (Å²) in [6.07, 6.45) is 24.0. The Balaban J connectivity index is 1.11. The number of aryl methyl sites for hydroxylation is 2. The Kier molecular flexibility index (Phi) is 8.77. The Morgan fingerprint density at radius 2 is 1.41 bits per heavy atom. The van der Waals surface area contributed by atoms with Crippen molar-refractivity contribution < 1.29 is 4.74 Å². The third kappa shape index (κ3) is 5.57. The fraction of sp³-hybridized carbons (Fsp3) is 0.148. The molecule has 12 rings (SSSR count). The van der Waals surface area contributed by atoms with Crippen LogP contribution in [0.15, 0.2) is 198 Å². The number of allylic oxidation sites excluding steroid dienone is 12. The van der Waals surface area contributed by atoms with Crippen LogP contribution in [0, 0.1) is 26.7 Å². The summed E-state index contributed by atoms with van der Waals surface area (Å²) in [6, 6.07) is 48.4. The predicted octanol–water partition coefficient (Wildman–Crippen LogP) is 13.3. The Morgan fingerprint density at radius 3 is 2.29 bits per heavy atom. The molecule has 7 aromatic carbocycles. The third-order valence-electron chi connectivity index (χ3n) is 14.8. The minimum atomic E-state index is -0.515. The fourth-order valence-corrected chi connectivity index (χ4v) is 12.0. The second kappa shape index (κ2) is 14.6. The van der Waals surface area contributed by atoms with Gasteiger partial charge in [0.05, 0.1) is 5.41 Å². The maximum absolute atomic E-state index is 7.30. The van der Waals surface area contributed by atoms with Gasteiger partial charge in [-0.15, -0.1) is 0 Å². The Morgan fingerprint density at radius 1 is 0.651 bits per heavy atom. The summed E-state index contributed by atoms with van der Waals surface area (Å²) >= 11 is 0. The molecule has 7 aromatic rings. The van der Waals surface area contributed by atoms with Crippen LogP contribution in [0.5, 0.6) is 5.75 Å². The molecular formula is C61H49BO. The van der Waals surface area contributed by atoms with E-state index >= 15 is 0 Å². The highest BCUT2D eigenvalue weighted by molar-refractivity contribution is 6.97. The minimum absolute atomic E-state index is 0.0305. The molecule has 0 bridgehead atoms. The molecule has 1 spiro atoms. The van der Waals surface area contributed by atoms with E-state index in [1.807, 2.05) is 0 Å². The molecule has 0 fully saturated rings. The first-order valence-corrected chi connectivity index (χ1v) is 22.8. The standard InChI is InChI=1S/C61H49BO/c1-5-15-41-28-26-38(2)57(40(41)4)62(58-39(3)27-29-42-16-6-9-21-48(42)58)47-20-14-19-45(36-47)46-30-33-52-51-24-12-13-25-53(51)61(56(52)37-46)54-34-31-43-17-7-10-22-49(43)59(54)63-60-50-23-11-8-18-44(50)32-35-55(60)61/h5-11,14-31,33-37,44H,12-13,32H2,1-4H3/b15-5-. The summed E-state index contributed by atoms with van der Waals surface area (Å²) in [5, 5.41) is 4.95. The third-order valence-corrected chi connectivity index (χ3v) is 14.8. The van der Waals surface area contributed by atoms with Crippen LogP contribution < -0.4 is 21.1 Å². The lowest BCUT2D eigenvalue weighted by Crippen LogP contribution is -2.55. The minimum Gasteiger partial charge on any atom is -0.456 e. The maximum atomic E-state index is 7.30. The largest absolute Gasteiger partial charge is 0.456 e. The molecule has 1 aliphatic heterocycles. The van der Waals surface area contributed by atoms with Crippen LogP contribution in [-0.4, -0.2) is 6.71 Å². The van der Waals surface area contributed by atoms with Gasteiger partial charge >= 0.3 is 0 Å². The van der Waals surface area contributed by atoms with Crippen LogP contribution in [0.1, 0.15) is 65.1 Å². The topological polar surface area (TPSA) is 9.23 Å². The summed E-state index contributed by atoms with van der Waals surface area (Å²) in [6.45, 7) is 9.05. The summed E-state index contributed by atoms with van der Waals surface area (Å²) < 4.78 is 7.30. The quantitative estimate of drug-likeness (QED) is 0.157. The molecule has 0 saturated carbocycles. The van der Waals surface area contributed by atoms with E-state index in [0.717, 1.165) is 36.2 Å². The van der Waals surface area contributed by atoms with Crippen molar-refractivity contribution in [3.8, 4) is 16.9 Å². The zero-order valence-electron chi connectivity index (χ0n) is 36.5. The fourth-order valence-electron chi connectivity index (χ4n) is 12.0. The lowest BCUT2D eigenvalue weighted by atomic mass is 9.34. The van der Waals surface area contributed by atoms with Crippen molar-refractivity contribution >= 4 is 56.3 Å². The summed E-state index contributed by atoms with van der Waals surface area (Å²) in [5.74, 6) is 2.32. The number of fused-ring (bicyclic) bond motifs is 13. The van der Waals surface area contributed by atoms with Crippen molar-refractivity contribution in [3.05, 3.63) is 237 Å². The number of rotatable bonds is 5. The molecule has 2 heteroatoms. The van der Waals surface area contributed by atoms with Crippen LogP contribution in [-0.2, 0) is 5.41 Å². The van der Waals surface area contributed by atoms with Gasteiger partial charge in [0, 0.05) is 28.0 Å². The summed E-state index contributed by atoms with van der Waals surface area (Å²) in [5.41, 5.74) is 20.5. The molecular weight excluding hydrogens is 759 g/mol. The van der Waals surface area contributed by atoms with E-state index in [4.69, 9.17) is 4.74 Å². The number of hydrogen-bond donors (Lipinski definition) is 0. The van der Waals surface area contributed by atoms with Crippen molar-refractivity contribution in [1.29, 1.82) is 0 Å². The van der Waals surface area contributed by atoms with Gasteiger partial charge in [-0.05, 0) is 114 Å². The Bertz CT molecular complexity index is 3340. The molecule has 0 aromatic heterocycles. The van der Waals surface area contributed by atoms with Crippen molar-refractivity contribution in [1.82, 2.24) is 0 Å². The first kappa shape index (κ1) is 37.8. The molecule has 1 nitrogen and oxygen atoms in total. The van der Waals surface area contributed by atoms with E-state index in [-0.39, 0.29) is 6.71 Å². The highest BCUT2D eigenvalue weighted by Gasteiger charge is 2.56. The summed E-state index contributed by atoms with van der Waals surface area (Å²) in [4.78, 5) is 0. The number of ether oxygens (including phenoxy) is 1. The maximum Gasteiger partial charge on any atom is 0.243 e. The molecule has 4 aliphatic carbocycles. The highest BCUT2D eigenvalue weighted by Crippen LogP contribution is 2.65. The van der Waals surface area contributed by atoms with Gasteiger partial charge in [0.25, 0.3) is 0 Å². The van der Waals surface area contributed by atoms with E-state index < -0.39 is 5.41 Å². The van der Waals surface area contributed by atoms with Gasteiger partial charge in [0.1, 0.15) is 11.5 Å². The van der Waals surface area contributed by atoms with Crippen LogP contribution in [0.3, 0.4) is 0 Å². The molecule has 0 amide bonds. The highest BCUT2D eigenvalue weighted by atomic mass is 16.5. The predicted molar refractivity (Wildman–Crippen MR) is 268 cm³/mol. The van der Waals surface area contributed by atoms with Gasteiger partial charge in [-0.3, -0.25) is 0 Å². The van der Waals surface area contributed by atoms with Gasteiger partial charge in [0.2, 0.25) is 6.71 Å². The van der Waals surface area contributed by atoms with Crippen molar-refractivity contribution in [2.75, 3.05) is 0 Å². The average molecular weight is 809 g/mol. The van der Waals surface area contributed by atoms with E-state index in [1.54, 1.807) is 0 Å². The molecule has 2 atom stereocenters. The lowest BCUT2D eigenvalue weighted by Gasteiger charge is -2.45. The van der Waals surface area contributed by atoms with Gasteiger partial charge in [-0.25, -0.2) is 0 Å². The Labute approximate surface area is 371 Å². The van der Waals surface area contributed by atoms with Gasteiger partial charge in [-0.1, -0.05) is 204 Å².